The molecule has 3 aromatic rings. The van der Waals surface area contributed by atoms with Gasteiger partial charge in [-0.2, -0.15) is 0 Å². The summed E-state index contributed by atoms with van der Waals surface area (Å²) >= 11 is 0. The van der Waals surface area contributed by atoms with E-state index in [0.29, 0.717) is 11.4 Å². The first kappa shape index (κ1) is 17.9. The van der Waals surface area contributed by atoms with E-state index in [9.17, 15) is 20.3 Å². The van der Waals surface area contributed by atoms with Gasteiger partial charge in [-0.05, 0) is 48.5 Å². The van der Waals surface area contributed by atoms with Crippen molar-refractivity contribution in [1.29, 1.82) is 0 Å². The van der Waals surface area contributed by atoms with E-state index < -0.39 is 4.92 Å². The molecule has 0 unspecified atom stereocenters. The van der Waals surface area contributed by atoms with E-state index in [1.54, 1.807) is 48.2 Å². The fourth-order valence-electron chi connectivity index (χ4n) is 2.61. The van der Waals surface area contributed by atoms with Crippen LogP contribution < -0.4 is 9.80 Å². The van der Waals surface area contributed by atoms with Gasteiger partial charge in [-0.1, -0.05) is 0 Å². The van der Waals surface area contributed by atoms with Crippen molar-refractivity contribution in [3.05, 3.63) is 65.0 Å². The molecule has 2 N–H and O–H groups in total. The maximum Gasteiger partial charge on any atom is 0.354 e. The summed E-state index contributed by atoms with van der Waals surface area (Å²) in [5.74, 6) is 0.414. The SMILES string of the molecule is CN(c1ccc(O)cc1)c1ncnc(N(C)c2ccc(O)cc2)c1[N+](=O)[O-]. The Bertz CT molecular complexity index is 891. The molecule has 9 nitrogen and oxygen atoms in total. The topological polar surface area (TPSA) is 116 Å². The summed E-state index contributed by atoms with van der Waals surface area (Å²) < 4.78 is 0. The molecule has 0 fully saturated rings. The quantitative estimate of drug-likeness (QED) is 0.521. The molecule has 0 aliphatic rings. The normalized spacial score (nSPS) is 10.4. The molecule has 1 heterocycles. The van der Waals surface area contributed by atoms with Gasteiger partial charge in [0.25, 0.3) is 0 Å². The van der Waals surface area contributed by atoms with E-state index in [2.05, 4.69) is 9.97 Å². The molecule has 0 bridgehead atoms. The molecule has 3 rings (SSSR count). The first-order valence-corrected chi connectivity index (χ1v) is 7.93. The Morgan fingerprint density at radius 3 is 1.52 bits per heavy atom. The van der Waals surface area contributed by atoms with Crippen LogP contribution in [-0.4, -0.2) is 39.2 Å². The van der Waals surface area contributed by atoms with Gasteiger partial charge >= 0.3 is 5.69 Å². The molecule has 138 valence electrons. The zero-order valence-electron chi connectivity index (χ0n) is 14.6. The number of phenolic OH excluding ortho intramolecular Hbond substituents is 2. The lowest BCUT2D eigenvalue weighted by atomic mass is 10.2. The Kier molecular flexibility index (Phi) is 4.75. The van der Waals surface area contributed by atoms with Gasteiger partial charge in [-0.15, -0.1) is 0 Å². The fraction of sp³-hybridized carbons (Fsp3) is 0.111. The number of hydrogen-bond donors (Lipinski definition) is 2. The number of nitrogens with zero attached hydrogens (tertiary/aromatic N) is 5. The summed E-state index contributed by atoms with van der Waals surface area (Å²) in [5, 5.41) is 30.7. The largest absolute Gasteiger partial charge is 0.508 e. The Labute approximate surface area is 154 Å². The van der Waals surface area contributed by atoms with Gasteiger partial charge in [0.1, 0.15) is 17.8 Å². The number of aromatic hydroxyl groups is 2. The monoisotopic (exact) mass is 367 g/mol. The molecular weight excluding hydrogens is 350 g/mol. The van der Waals surface area contributed by atoms with Crippen molar-refractivity contribution < 1.29 is 15.1 Å². The molecule has 0 amide bonds. The van der Waals surface area contributed by atoms with Crippen molar-refractivity contribution in [2.75, 3.05) is 23.9 Å². The minimum atomic E-state index is -0.529. The summed E-state index contributed by atoms with van der Waals surface area (Å²) in [6, 6.07) is 12.5. The van der Waals surface area contributed by atoms with Crippen molar-refractivity contribution in [2.45, 2.75) is 0 Å². The van der Waals surface area contributed by atoms with Crippen molar-refractivity contribution in [3.8, 4) is 11.5 Å². The van der Waals surface area contributed by atoms with Crippen LogP contribution in [0.4, 0.5) is 28.7 Å². The van der Waals surface area contributed by atoms with E-state index >= 15 is 0 Å². The highest BCUT2D eigenvalue weighted by Gasteiger charge is 2.28. The Hall–Kier alpha value is -3.88. The number of aromatic nitrogens is 2. The molecule has 0 aliphatic carbocycles. The minimum Gasteiger partial charge on any atom is -0.508 e. The third-order valence-electron chi connectivity index (χ3n) is 4.08. The maximum atomic E-state index is 11.8. The van der Waals surface area contributed by atoms with Crippen LogP contribution in [0.3, 0.4) is 0 Å². The van der Waals surface area contributed by atoms with Crippen LogP contribution in [0, 0.1) is 10.1 Å². The van der Waals surface area contributed by atoms with Gasteiger partial charge in [0, 0.05) is 25.5 Å². The standard InChI is InChI=1S/C18H17N5O4/c1-21(12-3-7-14(24)8-4-12)17-16(23(26)27)18(20-11-19-17)22(2)13-5-9-15(25)10-6-13/h3-11,24-25H,1-2H3. The van der Waals surface area contributed by atoms with Crippen LogP contribution in [0.25, 0.3) is 0 Å². The summed E-state index contributed by atoms with van der Waals surface area (Å²) in [7, 11) is 3.29. The van der Waals surface area contributed by atoms with Crippen LogP contribution in [0.2, 0.25) is 0 Å². The van der Waals surface area contributed by atoms with Crippen LogP contribution in [0.5, 0.6) is 11.5 Å². The Balaban J connectivity index is 2.08. The molecule has 0 saturated carbocycles. The maximum absolute atomic E-state index is 11.8. The predicted molar refractivity (Wildman–Crippen MR) is 101 cm³/mol. The molecule has 9 heteroatoms. The third kappa shape index (κ3) is 3.56. The van der Waals surface area contributed by atoms with Crippen LogP contribution in [-0.2, 0) is 0 Å². The molecule has 0 spiro atoms. The highest BCUT2D eigenvalue weighted by Crippen LogP contribution is 2.38. The zero-order valence-corrected chi connectivity index (χ0v) is 14.6. The van der Waals surface area contributed by atoms with Gasteiger partial charge in [0.05, 0.1) is 4.92 Å². The van der Waals surface area contributed by atoms with Gasteiger partial charge in [0.15, 0.2) is 0 Å². The van der Waals surface area contributed by atoms with Crippen molar-refractivity contribution in [3.63, 3.8) is 0 Å². The minimum absolute atomic E-state index is 0.0945. The van der Waals surface area contributed by atoms with E-state index in [1.807, 2.05) is 0 Å². The van der Waals surface area contributed by atoms with E-state index in [-0.39, 0.29) is 28.8 Å². The van der Waals surface area contributed by atoms with Crippen LogP contribution >= 0.6 is 0 Å². The first-order chi connectivity index (χ1) is 12.9. The molecule has 1 aromatic heterocycles. The van der Waals surface area contributed by atoms with E-state index in [0.717, 1.165) is 0 Å². The Morgan fingerprint density at radius 2 is 1.19 bits per heavy atom. The highest BCUT2D eigenvalue weighted by atomic mass is 16.6. The molecule has 0 aliphatic heterocycles. The molecule has 0 radical (unpaired) electrons. The lowest BCUT2D eigenvalue weighted by Gasteiger charge is -2.22. The molecule has 27 heavy (non-hydrogen) atoms. The second-order valence-corrected chi connectivity index (χ2v) is 5.78. The van der Waals surface area contributed by atoms with Gasteiger partial charge in [-0.3, -0.25) is 10.1 Å². The number of nitro groups is 1. The molecule has 0 saturated heterocycles. The number of benzene rings is 2. The fourth-order valence-corrected chi connectivity index (χ4v) is 2.61. The van der Waals surface area contributed by atoms with E-state index in [1.165, 1.54) is 30.6 Å². The number of hydrogen-bond acceptors (Lipinski definition) is 8. The highest BCUT2D eigenvalue weighted by molar-refractivity contribution is 5.79. The lowest BCUT2D eigenvalue weighted by molar-refractivity contribution is -0.383. The summed E-state index contributed by atoms with van der Waals surface area (Å²) in [6.07, 6.45) is 1.26. The van der Waals surface area contributed by atoms with Gasteiger partial charge in [0.2, 0.25) is 11.6 Å². The number of rotatable bonds is 5. The number of anilines is 4. The average Bonchev–Trinajstić information content (AvgIpc) is 2.67. The van der Waals surface area contributed by atoms with Crippen LogP contribution in [0.1, 0.15) is 0 Å². The van der Waals surface area contributed by atoms with Gasteiger partial charge < -0.3 is 20.0 Å². The summed E-state index contributed by atoms with van der Waals surface area (Å²) in [4.78, 5) is 22.6. The molecule has 2 aromatic carbocycles. The predicted octanol–water partition coefficient (Wildman–Crippen LogP) is 3.33. The van der Waals surface area contributed by atoms with Crippen LogP contribution in [0.15, 0.2) is 54.9 Å². The Morgan fingerprint density at radius 1 is 0.815 bits per heavy atom. The smallest absolute Gasteiger partial charge is 0.354 e. The van der Waals surface area contributed by atoms with E-state index in [4.69, 9.17) is 0 Å². The first-order valence-electron chi connectivity index (χ1n) is 7.93. The number of phenols is 2. The second-order valence-electron chi connectivity index (χ2n) is 5.78. The summed E-state index contributed by atoms with van der Waals surface area (Å²) in [6.45, 7) is 0. The second kappa shape index (κ2) is 7.16. The third-order valence-corrected chi connectivity index (χ3v) is 4.08. The van der Waals surface area contributed by atoms with Crippen molar-refractivity contribution in [1.82, 2.24) is 9.97 Å². The molecule has 0 atom stereocenters. The van der Waals surface area contributed by atoms with Crippen molar-refractivity contribution >= 4 is 28.7 Å². The average molecular weight is 367 g/mol. The zero-order chi connectivity index (χ0) is 19.6. The van der Waals surface area contributed by atoms with Crippen molar-refractivity contribution in [2.24, 2.45) is 0 Å². The molecular formula is C18H17N5O4. The summed E-state index contributed by atoms with van der Waals surface area (Å²) in [5.41, 5.74) is 0.976. The van der Waals surface area contributed by atoms with Gasteiger partial charge in [-0.25, -0.2) is 9.97 Å². The lowest BCUT2D eigenvalue weighted by Crippen LogP contribution is -2.18.